The Morgan fingerprint density at radius 2 is 2.20 bits per heavy atom. The Bertz CT molecular complexity index is 574. The van der Waals surface area contributed by atoms with Gasteiger partial charge in [0.05, 0.1) is 5.69 Å². The Balaban J connectivity index is 1.89. The van der Waals surface area contributed by atoms with Crippen molar-refractivity contribution in [2.45, 2.75) is 46.0 Å². The van der Waals surface area contributed by atoms with Crippen LogP contribution in [-0.2, 0) is 11.2 Å². The van der Waals surface area contributed by atoms with E-state index in [4.69, 9.17) is 0 Å². The minimum absolute atomic E-state index is 0.131. The molecule has 1 amide bonds. The van der Waals surface area contributed by atoms with Crippen LogP contribution in [0.4, 0.5) is 0 Å². The second kappa shape index (κ2) is 7.08. The standard InChI is InChI=1S/C16H23N3O/c1-3-4-6-11-17-16(20)10-9-14-13(2)18-15-8-5-7-12-19(14)15/h5,7-8,12H,3-4,6,9-11H2,1-2H3,(H,17,20). The van der Waals surface area contributed by atoms with Gasteiger partial charge in [-0.25, -0.2) is 4.98 Å². The lowest BCUT2D eigenvalue weighted by Crippen LogP contribution is -2.24. The molecular weight excluding hydrogens is 250 g/mol. The highest BCUT2D eigenvalue weighted by Crippen LogP contribution is 2.13. The molecule has 0 spiro atoms. The Labute approximate surface area is 120 Å². The third-order valence-corrected chi connectivity index (χ3v) is 3.52. The molecule has 0 aliphatic rings. The lowest BCUT2D eigenvalue weighted by atomic mass is 10.2. The summed E-state index contributed by atoms with van der Waals surface area (Å²) in [4.78, 5) is 16.3. The number of amides is 1. The van der Waals surface area contributed by atoms with Gasteiger partial charge >= 0.3 is 0 Å². The SMILES string of the molecule is CCCCCNC(=O)CCc1c(C)nc2ccccn12. The number of rotatable bonds is 7. The molecule has 0 fully saturated rings. The van der Waals surface area contributed by atoms with Gasteiger partial charge in [-0.15, -0.1) is 0 Å². The van der Waals surface area contributed by atoms with Crippen molar-refractivity contribution in [1.29, 1.82) is 0 Å². The van der Waals surface area contributed by atoms with Gasteiger partial charge in [0.1, 0.15) is 5.65 Å². The van der Waals surface area contributed by atoms with Crippen molar-refractivity contribution in [2.75, 3.05) is 6.54 Å². The third-order valence-electron chi connectivity index (χ3n) is 3.52. The molecule has 108 valence electrons. The average Bonchev–Trinajstić information content (AvgIpc) is 2.77. The molecule has 2 heterocycles. The van der Waals surface area contributed by atoms with Gasteiger partial charge in [-0.1, -0.05) is 25.8 Å². The van der Waals surface area contributed by atoms with Crippen molar-refractivity contribution in [1.82, 2.24) is 14.7 Å². The molecule has 0 unspecified atom stereocenters. The normalized spacial score (nSPS) is 10.9. The first-order chi connectivity index (χ1) is 9.72. The van der Waals surface area contributed by atoms with Crippen LogP contribution in [0.2, 0.25) is 0 Å². The number of aromatic nitrogens is 2. The number of nitrogens with one attached hydrogen (secondary N) is 1. The predicted molar refractivity (Wildman–Crippen MR) is 80.8 cm³/mol. The molecule has 4 heteroatoms. The van der Waals surface area contributed by atoms with E-state index >= 15 is 0 Å². The van der Waals surface area contributed by atoms with E-state index in [0.29, 0.717) is 6.42 Å². The zero-order valence-electron chi connectivity index (χ0n) is 12.4. The van der Waals surface area contributed by atoms with Crippen LogP contribution >= 0.6 is 0 Å². The van der Waals surface area contributed by atoms with E-state index in [0.717, 1.165) is 36.4 Å². The fourth-order valence-electron chi connectivity index (χ4n) is 2.39. The van der Waals surface area contributed by atoms with Crippen LogP contribution in [0, 0.1) is 6.92 Å². The van der Waals surface area contributed by atoms with E-state index in [1.807, 2.05) is 31.3 Å². The van der Waals surface area contributed by atoms with E-state index in [9.17, 15) is 4.79 Å². The number of hydrogen-bond acceptors (Lipinski definition) is 2. The van der Waals surface area contributed by atoms with Crippen molar-refractivity contribution < 1.29 is 4.79 Å². The first-order valence-electron chi connectivity index (χ1n) is 7.41. The molecule has 1 N–H and O–H groups in total. The minimum Gasteiger partial charge on any atom is -0.356 e. The van der Waals surface area contributed by atoms with Crippen LogP contribution < -0.4 is 5.32 Å². The maximum Gasteiger partial charge on any atom is 0.220 e. The van der Waals surface area contributed by atoms with Gasteiger partial charge in [-0.05, 0) is 31.9 Å². The van der Waals surface area contributed by atoms with Crippen LogP contribution in [0.25, 0.3) is 5.65 Å². The predicted octanol–water partition coefficient (Wildman–Crippen LogP) is 2.88. The van der Waals surface area contributed by atoms with E-state index < -0.39 is 0 Å². The van der Waals surface area contributed by atoms with Gasteiger partial charge < -0.3 is 9.72 Å². The Morgan fingerprint density at radius 1 is 1.35 bits per heavy atom. The first kappa shape index (κ1) is 14.6. The molecule has 0 aliphatic carbocycles. The summed E-state index contributed by atoms with van der Waals surface area (Å²) < 4.78 is 2.07. The number of carbonyl (C=O) groups is 1. The number of hydrogen-bond donors (Lipinski definition) is 1. The number of unbranched alkanes of at least 4 members (excludes halogenated alkanes) is 2. The number of carbonyl (C=O) groups excluding carboxylic acids is 1. The third kappa shape index (κ3) is 3.59. The Morgan fingerprint density at radius 3 is 3.00 bits per heavy atom. The molecule has 2 rings (SSSR count). The molecule has 0 saturated heterocycles. The number of imidazole rings is 1. The van der Waals surface area contributed by atoms with Crippen LogP contribution in [0.5, 0.6) is 0 Å². The fraction of sp³-hybridized carbons (Fsp3) is 0.500. The summed E-state index contributed by atoms with van der Waals surface area (Å²) in [6.45, 7) is 4.95. The summed E-state index contributed by atoms with van der Waals surface area (Å²) >= 11 is 0. The molecule has 4 nitrogen and oxygen atoms in total. The smallest absolute Gasteiger partial charge is 0.220 e. The topological polar surface area (TPSA) is 46.4 Å². The summed E-state index contributed by atoms with van der Waals surface area (Å²) in [6, 6.07) is 5.95. The van der Waals surface area contributed by atoms with Crippen molar-refractivity contribution in [2.24, 2.45) is 0 Å². The van der Waals surface area contributed by atoms with Gasteiger partial charge in [0.15, 0.2) is 0 Å². The van der Waals surface area contributed by atoms with Crippen molar-refractivity contribution in [3.05, 3.63) is 35.8 Å². The van der Waals surface area contributed by atoms with Crippen LogP contribution in [0.3, 0.4) is 0 Å². The van der Waals surface area contributed by atoms with Gasteiger partial charge in [0, 0.05) is 24.9 Å². The Kier molecular flexibility index (Phi) is 5.16. The largest absolute Gasteiger partial charge is 0.356 e. The van der Waals surface area contributed by atoms with Gasteiger partial charge in [0.2, 0.25) is 5.91 Å². The van der Waals surface area contributed by atoms with E-state index in [2.05, 4.69) is 21.6 Å². The van der Waals surface area contributed by atoms with Crippen molar-refractivity contribution in [3.63, 3.8) is 0 Å². The molecule has 0 saturated carbocycles. The van der Waals surface area contributed by atoms with E-state index in [1.54, 1.807) is 0 Å². The van der Waals surface area contributed by atoms with Crippen LogP contribution in [0.1, 0.15) is 44.0 Å². The average molecular weight is 273 g/mol. The molecule has 2 aromatic rings. The molecule has 0 aromatic carbocycles. The Hall–Kier alpha value is -1.84. The monoisotopic (exact) mass is 273 g/mol. The van der Waals surface area contributed by atoms with E-state index in [1.165, 1.54) is 12.8 Å². The maximum atomic E-state index is 11.8. The quantitative estimate of drug-likeness (QED) is 0.788. The molecule has 0 atom stereocenters. The number of pyridine rings is 1. The summed E-state index contributed by atoms with van der Waals surface area (Å²) in [6.07, 6.45) is 6.68. The summed E-state index contributed by atoms with van der Waals surface area (Å²) in [5.74, 6) is 0.131. The molecule has 0 bridgehead atoms. The van der Waals surface area contributed by atoms with Crippen LogP contribution in [-0.4, -0.2) is 21.8 Å². The zero-order chi connectivity index (χ0) is 14.4. The highest BCUT2D eigenvalue weighted by Gasteiger charge is 2.10. The van der Waals surface area contributed by atoms with Crippen LogP contribution in [0.15, 0.2) is 24.4 Å². The maximum absolute atomic E-state index is 11.8. The number of fused-ring (bicyclic) bond motifs is 1. The molecule has 2 aromatic heterocycles. The van der Waals surface area contributed by atoms with E-state index in [-0.39, 0.29) is 5.91 Å². The zero-order valence-corrected chi connectivity index (χ0v) is 12.4. The minimum atomic E-state index is 0.131. The lowest BCUT2D eigenvalue weighted by molar-refractivity contribution is -0.121. The van der Waals surface area contributed by atoms with Gasteiger partial charge in [-0.3, -0.25) is 4.79 Å². The second-order valence-electron chi connectivity index (χ2n) is 5.13. The molecule has 0 radical (unpaired) electrons. The molecule has 20 heavy (non-hydrogen) atoms. The van der Waals surface area contributed by atoms with Crippen molar-refractivity contribution >= 4 is 11.6 Å². The number of aryl methyl sites for hydroxylation is 2. The summed E-state index contributed by atoms with van der Waals surface area (Å²) in [5.41, 5.74) is 3.09. The van der Waals surface area contributed by atoms with Crippen molar-refractivity contribution in [3.8, 4) is 0 Å². The second-order valence-corrected chi connectivity index (χ2v) is 5.13. The van der Waals surface area contributed by atoms with Gasteiger partial charge in [0.25, 0.3) is 0 Å². The lowest BCUT2D eigenvalue weighted by Gasteiger charge is -2.05. The fourth-order valence-corrected chi connectivity index (χ4v) is 2.39. The van der Waals surface area contributed by atoms with Gasteiger partial charge in [-0.2, -0.15) is 0 Å². The molecular formula is C16H23N3O. The molecule has 0 aliphatic heterocycles. The highest BCUT2D eigenvalue weighted by atomic mass is 16.1. The first-order valence-corrected chi connectivity index (χ1v) is 7.41. The summed E-state index contributed by atoms with van der Waals surface area (Å²) in [5, 5.41) is 2.98. The number of nitrogens with zero attached hydrogens (tertiary/aromatic N) is 2. The summed E-state index contributed by atoms with van der Waals surface area (Å²) in [7, 11) is 0. The highest BCUT2D eigenvalue weighted by molar-refractivity contribution is 5.76.